The van der Waals surface area contributed by atoms with E-state index in [1.165, 1.54) is 0 Å². The molecule has 130 valence electrons. The molecule has 6 heteroatoms. The smallest absolute Gasteiger partial charge is 0.271 e. The van der Waals surface area contributed by atoms with E-state index >= 15 is 0 Å². The van der Waals surface area contributed by atoms with Gasteiger partial charge in [0, 0.05) is 33.2 Å². The van der Waals surface area contributed by atoms with Crippen molar-refractivity contribution in [1.82, 2.24) is 10.1 Å². The number of primary amides is 1. The van der Waals surface area contributed by atoms with Crippen molar-refractivity contribution < 1.29 is 9.32 Å². The molecule has 0 saturated heterocycles. The van der Waals surface area contributed by atoms with Crippen LogP contribution in [0.3, 0.4) is 0 Å². The lowest BCUT2D eigenvalue weighted by Crippen LogP contribution is -2.14. The van der Waals surface area contributed by atoms with E-state index in [0.29, 0.717) is 23.6 Å². The fraction of sp³-hybridized carbons (Fsp3) is 0.100. The molecule has 0 aliphatic carbocycles. The minimum Gasteiger partial charge on any atom is -0.364 e. The Bertz CT molecular complexity index is 1080. The quantitative estimate of drug-likeness (QED) is 0.551. The first-order valence-electron chi connectivity index (χ1n) is 8.23. The molecule has 0 fully saturated rings. The normalized spacial score (nSPS) is 11.1. The number of nitrogens with zero attached hydrogens (tertiary/aromatic N) is 1. The van der Waals surface area contributed by atoms with Crippen molar-refractivity contribution in [2.75, 3.05) is 0 Å². The molecular formula is C20H16ClN3O2. The van der Waals surface area contributed by atoms with Gasteiger partial charge in [0.15, 0.2) is 11.5 Å². The molecule has 0 atom stereocenters. The fourth-order valence-electron chi connectivity index (χ4n) is 3.17. The van der Waals surface area contributed by atoms with Crippen LogP contribution in [-0.2, 0) is 12.8 Å². The zero-order valence-corrected chi connectivity index (χ0v) is 14.6. The number of rotatable bonds is 5. The number of nitrogens with one attached hydrogen (secondary N) is 1. The molecule has 4 rings (SSSR count). The standard InChI is InChI=1S/C20H16ClN3O2/c21-14-7-9-17-16(10-14)13(11-23-17)6-8-15-18(20(22)25)24-26-19(15)12-4-2-1-3-5-12/h1-5,7,9-11,23H,6,8H2,(H2,22,25). The Labute approximate surface area is 154 Å². The van der Waals surface area contributed by atoms with Crippen LogP contribution in [0.4, 0.5) is 0 Å². The number of halogens is 1. The minimum atomic E-state index is -0.590. The van der Waals surface area contributed by atoms with Gasteiger partial charge >= 0.3 is 0 Å². The number of aryl methyl sites for hydroxylation is 1. The molecule has 0 aliphatic heterocycles. The highest BCUT2D eigenvalue weighted by Crippen LogP contribution is 2.29. The van der Waals surface area contributed by atoms with E-state index in [9.17, 15) is 4.79 Å². The topological polar surface area (TPSA) is 84.9 Å². The van der Waals surface area contributed by atoms with Crippen molar-refractivity contribution in [3.63, 3.8) is 0 Å². The van der Waals surface area contributed by atoms with E-state index in [1.807, 2.05) is 54.7 Å². The lowest BCUT2D eigenvalue weighted by Gasteiger charge is -2.03. The van der Waals surface area contributed by atoms with Crippen molar-refractivity contribution in [1.29, 1.82) is 0 Å². The van der Waals surface area contributed by atoms with Gasteiger partial charge in [0.25, 0.3) is 5.91 Å². The van der Waals surface area contributed by atoms with Gasteiger partial charge in [0.05, 0.1) is 0 Å². The van der Waals surface area contributed by atoms with Crippen LogP contribution >= 0.6 is 11.6 Å². The third-order valence-corrected chi connectivity index (χ3v) is 4.67. The fourth-order valence-corrected chi connectivity index (χ4v) is 3.34. The molecule has 5 nitrogen and oxygen atoms in total. The molecule has 2 heterocycles. The molecule has 2 aromatic heterocycles. The number of H-pyrrole nitrogens is 1. The summed E-state index contributed by atoms with van der Waals surface area (Å²) in [5.41, 5.74) is 9.38. The SMILES string of the molecule is NC(=O)c1noc(-c2ccccc2)c1CCc1c[nH]c2ccc(Cl)cc12. The summed E-state index contributed by atoms with van der Waals surface area (Å²) in [6, 6.07) is 15.3. The maximum absolute atomic E-state index is 11.8. The number of nitrogens with two attached hydrogens (primary N) is 1. The number of fused-ring (bicyclic) bond motifs is 1. The van der Waals surface area contributed by atoms with Gasteiger partial charge in [0.2, 0.25) is 0 Å². The van der Waals surface area contributed by atoms with Crippen LogP contribution in [0.5, 0.6) is 0 Å². The molecule has 0 saturated carbocycles. The average molecular weight is 366 g/mol. The molecule has 0 spiro atoms. The number of amides is 1. The Kier molecular flexibility index (Phi) is 4.22. The molecule has 0 aliphatic rings. The van der Waals surface area contributed by atoms with Gasteiger partial charge in [-0.3, -0.25) is 4.79 Å². The first kappa shape index (κ1) is 16.4. The molecule has 3 N–H and O–H groups in total. The van der Waals surface area contributed by atoms with Gasteiger partial charge in [0.1, 0.15) is 0 Å². The summed E-state index contributed by atoms with van der Waals surface area (Å²) in [6.07, 6.45) is 3.23. The highest BCUT2D eigenvalue weighted by Gasteiger charge is 2.21. The molecule has 1 amide bonds. The first-order chi connectivity index (χ1) is 12.6. The molecule has 2 aromatic carbocycles. The molecule has 26 heavy (non-hydrogen) atoms. The van der Waals surface area contributed by atoms with Crippen molar-refractivity contribution in [2.45, 2.75) is 12.8 Å². The monoisotopic (exact) mass is 365 g/mol. The molecular weight excluding hydrogens is 350 g/mol. The van der Waals surface area contributed by atoms with Crippen molar-refractivity contribution in [3.8, 4) is 11.3 Å². The summed E-state index contributed by atoms with van der Waals surface area (Å²) in [4.78, 5) is 15.0. The summed E-state index contributed by atoms with van der Waals surface area (Å²) in [5.74, 6) is -0.00910. The van der Waals surface area contributed by atoms with Gasteiger partial charge in [-0.25, -0.2) is 0 Å². The van der Waals surface area contributed by atoms with Gasteiger partial charge in [-0.15, -0.1) is 0 Å². The van der Waals surface area contributed by atoms with Gasteiger partial charge in [-0.1, -0.05) is 47.1 Å². The van der Waals surface area contributed by atoms with Crippen LogP contribution in [0.15, 0.2) is 59.3 Å². The number of aromatic nitrogens is 2. The van der Waals surface area contributed by atoms with Gasteiger partial charge in [-0.2, -0.15) is 0 Å². The Morgan fingerprint density at radius 3 is 2.73 bits per heavy atom. The van der Waals surface area contributed by atoms with Crippen LogP contribution in [0.1, 0.15) is 21.6 Å². The van der Waals surface area contributed by atoms with E-state index in [2.05, 4.69) is 10.1 Å². The number of hydrogen-bond donors (Lipinski definition) is 2. The number of hydrogen-bond acceptors (Lipinski definition) is 3. The summed E-state index contributed by atoms with van der Waals surface area (Å²) >= 11 is 6.12. The van der Waals surface area contributed by atoms with E-state index in [-0.39, 0.29) is 5.69 Å². The van der Waals surface area contributed by atoms with E-state index < -0.39 is 5.91 Å². The highest BCUT2D eigenvalue weighted by molar-refractivity contribution is 6.31. The number of benzene rings is 2. The zero-order valence-electron chi connectivity index (χ0n) is 13.8. The van der Waals surface area contributed by atoms with Crippen molar-refractivity contribution in [3.05, 3.63) is 76.6 Å². The van der Waals surface area contributed by atoms with Crippen molar-refractivity contribution in [2.24, 2.45) is 5.73 Å². The lowest BCUT2D eigenvalue weighted by molar-refractivity contribution is 0.0991. The predicted molar refractivity (Wildman–Crippen MR) is 101 cm³/mol. The Morgan fingerprint density at radius 2 is 1.96 bits per heavy atom. The Balaban J connectivity index is 1.70. The summed E-state index contributed by atoms with van der Waals surface area (Å²) in [6.45, 7) is 0. The van der Waals surface area contributed by atoms with Gasteiger partial charge in [-0.05, 0) is 36.6 Å². The molecule has 4 aromatic rings. The maximum Gasteiger partial charge on any atom is 0.271 e. The van der Waals surface area contributed by atoms with Crippen LogP contribution < -0.4 is 5.73 Å². The van der Waals surface area contributed by atoms with Crippen LogP contribution in [0.25, 0.3) is 22.2 Å². The summed E-state index contributed by atoms with van der Waals surface area (Å²) < 4.78 is 5.44. The second kappa shape index (κ2) is 6.69. The third-order valence-electron chi connectivity index (χ3n) is 4.43. The predicted octanol–water partition coefficient (Wildman–Crippen LogP) is 4.36. The summed E-state index contributed by atoms with van der Waals surface area (Å²) in [7, 11) is 0. The maximum atomic E-state index is 11.8. The number of aromatic amines is 1. The zero-order chi connectivity index (χ0) is 18.1. The second-order valence-electron chi connectivity index (χ2n) is 6.07. The van der Waals surface area contributed by atoms with E-state index in [1.54, 1.807) is 0 Å². The Hall–Kier alpha value is -3.05. The average Bonchev–Trinajstić information content (AvgIpc) is 3.24. The number of carbonyl (C=O) groups is 1. The summed E-state index contributed by atoms with van der Waals surface area (Å²) in [5, 5.41) is 5.64. The largest absolute Gasteiger partial charge is 0.364 e. The number of carbonyl (C=O) groups excluding carboxylic acids is 1. The van der Waals surface area contributed by atoms with E-state index in [0.717, 1.165) is 27.6 Å². The van der Waals surface area contributed by atoms with E-state index in [4.69, 9.17) is 21.9 Å². The molecule has 0 unspecified atom stereocenters. The minimum absolute atomic E-state index is 0.182. The Morgan fingerprint density at radius 1 is 1.15 bits per heavy atom. The molecule has 0 bridgehead atoms. The van der Waals surface area contributed by atoms with Crippen molar-refractivity contribution >= 4 is 28.4 Å². The van der Waals surface area contributed by atoms with Crippen LogP contribution in [0, 0.1) is 0 Å². The third kappa shape index (κ3) is 2.97. The molecule has 0 radical (unpaired) electrons. The lowest BCUT2D eigenvalue weighted by atomic mass is 9.99. The van der Waals surface area contributed by atoms with Gasteiger partial charge < -0.3 is 15.2 Å². The van der Waals surface area contributed by atoms with Crippen LogP contribution in [0.2, 0.25) is 5.02 Å². The highest BCUT2D eigenvalue weighted by atomic mass is 35.5. The second-order valence-corrected chi connectivity index (χ2v) is 6.51. The first-order valence-corrected chi connectivity index (χ1v) is 8.60. The van der Waals surface area contributed by atoms with Crippen LogP contribution in [-0.4, -0.2) is 16.0 Å².